The number of guanidine groups is 1. The third-order valence-electron chi connectivity index (χ3n) is 5.11. The Morgan fingerprint density at radius 3 is 2.52 bits per heavy atom. The van der Waals surface area contributed by atoms with Crippen molar-refractivity contribution >= 4 is 16.0 Å². The van der Waals surface area contributed by atoms with Gasteiger partial charge in [0, 0.05) is 18.7 Å². The maximum absolute atomic E-state index is 11.9. The standard InChI is InChI=1S/C23H32N4O3S/c1-4-25-23(26-14-18-8-11-21(12-9-18)31(28,29)24-3)27-15-20-10-5-17(2)13-22(20)30-16-19-6-7-19/h5,8-13,19,24H,4,6-7,14-16H2,1-3H3,(H2,25,26,27). The molecular weight excluding hydrogens is 412 g/mol. The molecule has 0 saturated heterocycles. The third kappa shape index (κ3) is 6.97. The molecule has 0 atom stereocenters. The van der Waals surface area contributed by atoms with Crippen LogP contribution in [0.5, 0.6) is 5.75 Å². The van der Waals surface area contributed by atoms with E-state index in [1.165, 1.54) is 25.5 Å². The number of hydrogen-bond acceptors (Lipinski definition) is 4. The Morgan fingerprint density at radius 1 is 1.13 bits per heavy atom. The first-order valence-corrected chi connectivity index (χ1v) is 12.2. The fraction of sp³-hybridized carbons (Fsp3) is 0.435. The van der Waals surface area contributed by atoms with Crippen LogP contribution in [0.25, 0.3) is 0 Å². The predicted octanol–water partition coefficient (Wildman–Crippen LogP) is 2.95. The first kappa shape index (κ1) is 23.1. The van der Waals surface area contributed by atoms with Gasteiger partial charge >= 0.3 is 0 Å². The fourth-order valence-electron chi connectivity index (χ4n) is 3.02. The summed E-state index contributed by atoms with van der Waals surface area (Å²) < 4.78 is 32.1. The molecule has 2 aromatic rings. The molecule has 1 fully saturated rings. The lowest BCUT2D eigenvalue weighted by Crippen LogP contribution is -2.36. The van der Waals surface area contributed by atoms with Crippen molar-refractivity contribution in [3.05, 3.63) is 59.2 Å². The summed E-state index contributed by atoms with van der Waals surface area (Å²) in [4.78, 5) is 4.87. The second-order valence-corrected chi connectivity index (χ2v) is 9.65. The van der Waals surface area contributed by atoms with Crippen LogP contribution in [0.15, 0.2) is 52.4 Å². The molecule has 7 nitrogen and oxygen atoms in total. The van der Waals surface area contributed by atoms with E-state index in [1.54, 1.807) is 24.3 Å². The Bertz CT molecular complexity index is 1000. The van der Waals surface area contributed by atoms with Crippen molar-refractivity contribution in [2.45, 2.75) is 44.7 Å². The molecule has 168 valence electrons. The molecule has 1 saturated carbocycles. The van der Waals surface area contributed by atoms with Crippen LogP contribution >= 0.6 is 0 Å². The quantitative estimate of drug-likeness (QED) is 0.387. The van der Waals surface area contributed by atoms with Gasteiger partial charge in [0.1, 0.15) is 5.75 Å². The highest BCUT2D eigenvalue weighted by Gasteiger charge is 2.22. The van der Waals surface area contributed by atoms with Gasteiger partial charge < -0.3 is 15.4 Å². The van der Waals surface area contributed by atoms with Crippen molar-refractivity contribution in [2.75, 3.05) is 20.2 Å². The molecule has 2 aromatic carbocycles. The molecule has 0 radical (unpaired) electrons. The molecule has 3 rings (SSSR count). The van der Waals surface area contributed by atoms with Gasteiger partial charge in [0.05, 0.1) is 18.0 Å². The van der Waals surface area contributed by atoms with E-state index in [-0.39, 0.29) is 4.90 Å². The van der Waals surface area contributed by atoms with E-state index >= 15 is 0 Å². The Morgan fingerprint density at radius 2 is 1.87 bits per heavy atom. The molecule has 1 aliphatic carbocycles. The average molecular weight is 445 g/mol. The van der Waals surface area contributed by atoms with Crippen LogP contribution in [-0.2, 0) is 23.1 Å². The molecule has 0 spiro atoms. The molecule has 31 heavy (non-hydrogen) atoms. The van der Waals surface area contributed by atoms with Gasteiger partial charge in [0.25, 0.3) is 0 Å². The summed E-state index contributed by atoms with van der Waals surface area (Å²) in [7, 11) is -2.03. The van der Waals surface area contributed by atoms with Crippen LogP contribution in [0, 0.1) is 12.8 Å². The van der Waals surface area contributed by atoms with Crippen LogP contribution < -0.4 is 20.1 Å². The van der Waals surface area contributed by atoms with E-state index in [0.29, 0.717) is 25.0 Å². The summed E-state index contributed by atoms with van der Waals surface area (Å²) in [6.45, 7) is 6.65. The highest BCUT2D eigenvalue weighted by atomic mass is 32.2. The number of hydrogen-bond donors (Lipinski definition) is 3. The maximum Gasteiger partial charge on any atom is 0.240 e. The second-order valence-electron chi connectivity index (χ2n) is 7.77. The maximum atomic E-state index is 11.9. The molecule has 3 N–H and O–H groups in total. The van der Waals surface area contributed by atoms with Gasteiger partial charge in [-0.05, 0) is 69.0 Å². The lowest BCUT2D eigenvalue weighted by atomic mass is 10.1. The minimum absolute atomic E-state index is 0.242. The highest BCUT2D eigenvalue weighted by Crippen LogP contribution is 2.30. The Kier molecular flexibility index (Phi) is 7.92. The van der Waals surface area contributed by atoms with Crippen LogP contribution in [0.3, 0.4) is 0 Å². The Hall–Kier alpha value is -2.58. The highest BCUT2D eigenvalue weighted by molar-refractivity contribution is 7.89. The lowest BCUT2D eigenvalue weighted by molar-refractivity contribution is 0.296. The topological polar surface area (TPSA) is 91.8 Å². The average Bonchev–Trinajstić information content (AvgIpc) is 3.60. The zero-order valence-corrected chi connectivity index (χ0v) is 19.3. The number of nitrogens with zero attached hydrogens (tertiary/aromatic N) is 1. The molecule has 0 unspecified atom stereocenters. The summed E-state index contributed by atoms with van der Waals surface area (Å²) in [5.41, 5.74) is 3.20. The first-order chi connectivity index (χ1) is 14.9. The lowest BCUT2D eigenvalue weighted by Gasteiger charge is -2.15. The normalized spacial score (nSPS) is 14.4. The zero-order valence-electron chi connectivity index (χ0n) is 18.4. The van der Waals surface area contributed by atoms with Crippen LogP contribution in [-0.4, -0.2) is 34.6 Å². The zero-order chi connectivity index (χ0) is 22.3. The van der Waals surface area contributed by atoms with Crippen LogP contribution in [0.2, 0.25) is 0 Å². The predicted molar refractivity (Wildman–Crippen MR) is 124 cm³/mol. The molecule has 0 amide bonds. The van der Waals surface area contributed by atoms with Gasteiger partial charge in [-0.3, -0.25) is 0 Å². The first-order valence-electron chi connectivity index (χ1n) is 10.7. The smallest absolute Gasteiger partial charge is 0.240 e. The summed E-state index contributed by atoms with van der Waals surface area (Å²) in [6.07, 6.45) is 2.52. The molecule has 0 bridgehead atoms. The van der Waals surface area contributed by atoms with Gasteiger partial charge in [0.15, 0.2) is 5.96 Å². The summed E-state index contributed by atoms with van der Waals surface area (Å²) in [6, 6.07) is 13.0. The van der Waals surface area contributed by atoms with E-state index in [4.69, 9.17) is 4.74 Å². The number of nitrogens with one attached hydrogen (secondary N) is 3. The Balaban J connectivity index is 1.63. The van der Waals surface area contributed by atoms with Crippen molar-refractivity contribution < 1.29 is 13.2 Å². The minimum Gasteiger partial charge on any atom is -0.493 e. The number of sulfonamides is 1. The number of aliphatic imine (C=N–C) groups is 1. The van der Waals surface area contributed by atoms with Gasteiger partial charge in [-0.2, -0.15) is 0 Å². The van der Waals surface area contributed by atoms with Crippen molar-refractivity contribution in [1.82, 2.24) is 15.4 Å². The Labute approximate surface area is 185 Å². The number of benzene rings is 2. The number of rotatable bonds is 10. The second kappa shape index (κ2) is 10.6. The summed E-state index contributed by atoms with van der Waals surface area (Å²) in [5.74, 6) is 2.33. The van der Waals surface area contributed by atoms with Gasteiger partial charge in [0.2, 0.25) is 10.0 Å². The van der Waals surface area contributed by atoms with Gasteiger partial charge in [-0.1, -0.05) is 24.3 Å². The van der Waals surface area contributed by atoms with Crippen LogP contribution in [0.4, 0.5) is 0 Å². The van der Waals surface area contributed by atoms with E-state index in [2.05, 4.69) is 45.5 Å². The third-order valence-corrected chi connectivity index (χ3v) is 6.54. The van der Waals surface area contributed by atoms with Gasteiger partial charge in [-0.25, -0.2) is 18.1 Å². The number of ether oxygens (including phenoxy) is 1. The molecule has 0 aromatic heterocycles. The minimum atomic E-state index is -3.43. The molecule has 8 heteroatoms. The molecule has 0 aliphatic heterocycles. The largest absolute Gasteiger partial charge is 0.493 e. The van der Waals surface area contributed by atoms with E-state index in [9.17, 15) is 8.42 Å². The van der Waals surface area contributed by atoms with E-state index < -0.39 is 10.0 Å². The monoisotopic (exact) mass is 444 g/mol. The van der Waals surface area contributed by atoms with E-state index in [0.717, 1.165) is 30.0 Å². The summed E-state index contributed by atoms with van der Waals surface area (Å²) in [5, 5.41) is 6.62. The number of aryl methyl sites for hydroxylation is 1. The SMILES string of the molecule is CCNC(=NCc1ccc(S(=O)(=O)NC)cc1)NCc1ccc(C)cc1OCC1CC1. The van der Waals surface area contributed by atoms with Crippen molar-refractivity contribution in [1.29, 1.82) is 0 Å². The summed E-state index contributed by atoms with van der Waals surface area (Å²) >= 11 is 0. The molecule has 0 heterocycles. The van der Waals surface area contributed by atoms with Crippen molar-refractivity contribution in [3.63, 3.8) is 0 Å². The fourth-order valence-corrected chi connectivity index (χ4v) is 3.75. The molecular formula is C23H32N4O3S. The van der Waals surface area contributed by atoms with Crippen molar-refractivity contribution in [2.24, 2.45) is 10.9 Å². The van der Waals surface area contributed by atoms with Crippen molar-refractivity contribution in [3.8, 4) is 5.75 Å². The molecule has 1 aliphatic rings. The van der Waals surface area contributed by atoms with E-state index in [1.807, 2.05) is 6.92 Å². The van der Waals surface area contributed by atoms with Gasteiger partial charge in [-0.15, -0.1) is 0 Å². The van der Waals surface area contributed by atoms with Crippen LogP contribution in [0.1, 0.15) is 36.5 Å².